The molecular formula is C30H41N3O2. The minimum absolute atomic E-state index is 0.322. The Hall–Kier alpha value is -2.50. The van der Waals surface area contributed by atoms with Crippen LogP contribution in [0.4, 0.5) is 0 Å². The molecule has 1 unspecified atom stereocenters. The average Bonchev–Trinajstić information content (AvgIpc) is 2.92. The Labute approximate surface area is 211 Å². The summed E-state index contributed by atoms with van der Waals surface area (Å²) in [4.78, 5) is 22.0. The summed E-state index contributed by atoms with van der Waals surface area (Å²) in [6.07, 6.45) is 14.6. The van der Waals surface area contributed by atoms with Gasteiger partial charge in [0.15, 0.2) is 0 Å². The highest BCUT2D eigenvalue weighted by atomic mass is 16.5. The number of pyridine rings is 1. The fraction of sp³-hybridized carbons (Fsp3) is 0.533. The van der Waals surface area contributed by atoms with Crippen molar-refractivity contribution >= 4 is 5.91 Å². The van der Waals surface area contributed by atoms with Gasteiger partial charge in [0, 0.05) is 58.1 Å². The quantitative estimate of drug-likeness (QED) is 0.415. The van der Waals surface area contributed by atoms with Crippen molar-refractivity contribution in [2.75, 3.05) is 33.4 Å². The van der Waals surface area contributed by atoms with Crippen molar-refractivity contribution in [3.63, 3.8) is 0 Å². The number of hydrogen-bond acceptors (Lipinski definition) is 4. The molecule has 0 spiro atoms. The fourth-order valence-corrected chi connectivity index (χ4v) is 5.65. The SMILES string of the molecule is COCCN(Cc1cccnc1)C(Cc1ccccc1)C1CCN(C(=O)CC2=CCCCC2)CC1. The Bertz CT molecular complexity index is 923. The van der Waals surface area contributed by atoms with E-state index < -0.39 is 0 Å². The van der Waals surface area contributed by atoms with E-state index in [2.05, 4.69) is 57.3 Å². The van der Waals surface area contributed by atoms with Gasteiger partial charge in [0.05, 0.1) is 6.61 Å². The molecule has 1 atom stereocenters. The topological polar surface area (TPSA) is 45.7 Å². The molecule has 0 saturated carbocycles. The lowest BCUT2D eigenvalue weighted by molar-refractivity contribution is -0.132. The normalized spacial score (nSPS) is 17.9. The molecule has 188 valence electrons. The number of nitrogens with zero attached hydrogens (tertiary/aromatic N) is 3. The molecule has 1 fully saturated rings. The largest absolute Gasteiger partial charge is 0.383 e. The maximum absolute atomic E-state index is 13.0. The van der Waals surface area contributed by atoms with Crippen molar-refractivity contribution in [2.24, 2.45) is 5.92 Å². The Morgan fingerprint density at radius 1 is 1.11 bits per heavy atom. The third-order valence-corrected chi connectivity index (χ3v) is 7.65. The highest BCUT2D eigenvalue weighted by Crippen LogP contribution is 2.29. The Morgan fingerprint density at radius 2 is 1.91 bits per heavy atom. The molecule has 35 heavy (non-hydrogen) atoms. The third kappa shape index (κ3) is 7.74. The van der Waals surface area contributed by atoms with Crippen molar-refractivity contribution in [3.05, 3.63) is 77.6 Å². The fourth-order valence-electron chi connectivity index (χ4n) is 5.65. The number of methoxy groups -OCH3 is 1. The summed E-state index contributed by atoms with van der Waals surface area (Å²) >= 11 is 0. The first-order valence-electron chi connectivity index (χ1n) is 13.3. The molecule has 0 radical (unpaired) electrons. The first kappa shape index (κ1) is 25.6. The second kappa shape index (κ2) is 13.6. The summed E-state index contributed by atoms with van der Waals surface area (Å²) in [6, 6.07) is 15.4. The van der Waals surface area contributed by atoms with E-state index >= 15 is 0 Å². The van der Waals surface area contributed by atoms with E-state index in [1.165, 1.54) is 29.5 Å². The minimum atomic E-state index is 0.322. The maximum atomic E-state index is 13.0. The Kier molecular flexibility index (Phi) is 9.91. The van der Waals surface area contributed by atoms with E-state index in [9.17, 15) is 4.79 Å². The van der Waals surface area contributed by atoms with Gasteiger partial charge in [-0.25, -0.2) is 0 Å². The number of carbonyl (C=O) groups excluding carboxylic acids is 1. The first-order chi connectivity index (χ1) is 17.2. The van der Waals surface area contributed by atoms with Crippen molar-refractivity contribution in [2.45, 2.75) is 64.0 Å². The van der Waals surface area contributed by atoms with E-state index in [-0.39, 0.29) is 0 Å². The van der Waals surface area contributed by atoms with E-state index in [1.54, 1.807) is 7.11 Å². The molecule has 1 amide bonds. The predicted octanol–water partition coefficient (Wildman–Crippen LogP) is 5.27. The Balaban J connectivity index is 1.45. The number of allylic oxidation sites excluding steroid dienone is 1. The molecule has 1 aliphatic heterocycles. The lowest BCUT2D eigenvalue weighted by Gasteiger charge is -2.42. The average molecular weight is 476 g/mol. The van der Waals surface area contributed by atoms with Crippen LogP contribution in [0.2, 0.25) is 0 Å². The van der Waals surface area contributed by atoms with Crippen LogP contribution in [0.1, 0.15) is 56.1 Å². The van der Waals surface area contributed by atoms with E-state index in [0.29, 0.717) is 30.9 Å². The van der Waals surface area contributed by atoms with Gasteiger partial charge in [0.25, 0.3) is 0 Å². The van der Waals surface area contributed by atoms with Crippen LogP contribution in [0.3, 0.4) is 0 Å². The lowest BCUT2D eigenvalue weighted by atomic mass is 9.84. The van der Waals surface area contributed by atoms with Crippen LogP contribution in [0.15, 0.2) is 66.5 Å². The molecule has 4 rings (SSSR count). The Morgan fingerprint density at radius 3 is 2.60 bits per heavy atom. The van der Waals surface area contributed by atoms with Crippen LogP contribution in [-0.4, -0.2) is 60.1 Å². The number of ether oxygens (including phenoxy) is 1. The van der Waals surface area contributed by atoms with Crippen molar-refractivity contribution in [3.8, 4) is 0 Å². The van der Waals surface area contributed by atoms with Gasteiger partial charge in [-0.3, -0.25) is 14.7 Å². The molecule has 2 heterocycles. The van der Waals surface area contributed by atoms with Gasteiger partial charge in [0.2, 0.25) is 5.91 Å². The smallest absolute Gasteiger partial charge is 0.226 e. The van der Waals surface area contributed by atoms with Crippen LogP contribution in [-0.2, 0) is 22.5 Å². The van der Waals surface area contributed by atoms with Gasteiger partial charge in [-0.15, -0.1) is 0 Å². The second-order valence-electron chi connectivity index (χ2n) is 10.1. The number of piperidine rings is 1. The molecular weight excluding hydrogens is 434 g/mol. The highest BCUT2D eigenvalue weighted by molar-refractivity contribution is 5.78. The van der Waals surface area contributed by atoms with Crippen LogP contribution in [0.25, 0.3) is 0 Å². The number of carbonyl (C=O) groups is 1. The summed E-state index contributed by atoms with van der Waals surface area (Å²) in [5.41, 5.74) is 3.96. The molecule has 5 heteroatoms. The highest BCUT2D eigenvalue weighted by Gasteiger charge is 2.32. The number of rotatable bonds is 11. The van der Waals surface area contributed by atoms with Crippen molar-refractivity contribution < 1.29 is 9.53 Å². The second-order valence-corrected chi connectivity index (χ2v) is 10.1. The van der Waals surface area contributed by atoms with Crippen LogP contribution >= 0.6 is 0 Å². The van der Waals surface area contributed by atoms with Gasteiger partial charge in [-0.1, -0.05) is 48.0 Å². The van der Waals surface area contributed by atoms with Gasteiger partial charge < -0.3 is 9.64 Å². The summed E-state index contributed by atoms with van der Waals surface area (Å²) < 4.78 is 5.50. The zero-order chi connectivity index (χ0) is 24.3. The van der Waals surface area contributed by atoms with E-state index in [4.69, 9.17) is 4.74 Å². The molecule has 1 saturated heterocycles. The number of aromatic nitrogens is 1. The number of amides is 1. The van der Waals surface area contributed by atoms with Crippen molar-refractivity contribution in [1.29, 1.82) is 0 Å². The lowest BCUT2D eigenvalue weighted by Crippen LogP contribution is -2.48. The van der Waals surface area contributed by atoms with Crippen LogP contribution in [0, 0.1) is 5.92 Å². The molecule has 1 aromatic carbocycles. The van der Waals surface area contributed by atoms with Gasteiger partial charge >= 0.3 is 0 Å². The molecule has 0 N–H and O–H groups in total. The van der Waals surface area contributed by atoms with E-state index in [0.717, 1.165) is 58.3 Å². The zero-order valence-corrected chi connectivity index (χ0v) is 21.3. The van der Waals surface area contributed by atoms with Crippen molar-refractivity contribution in [1.82, 2.24) is 14.8 Å². The molecule has 0 bridgehead atoms. The molecule has 2 aromatic rings. The number of benzene rings is 1. The molecule has 5 nitrogen and oxygen atoms in total. The van der Waals surface area contributed by atoms with Gasteiger partial charge in [-0.2, -0.15) is 0 Å². The molecule has 2 aliphatic rings. The monoisotopic (exact) mass is 475 g/mol. The molecule has 1 aromatic heterocycles. The first-order valence-corrected chi connectivity index (χ1v) is 13.3. The summed E-state index contributed by atoms with van der Waals surface area (Å²) in [5, 5.41) is 0. The van der Waals surface area contributed by atoms with Gasteiger partial charge in [-0.05, 0) is 68.1 Å². The summed E-state index contributed by atoms with van der Waals surface area (Å²) in [5.74, 6) is 0.865. The van der Waals surface area contributed by atoms with Crippen LogP contribution < -0.4 is 0 Å². The van der Waals surface area contributed by atoms with Gasteiger partial charge in [0.1, 0.15) is 0 Å². The number of hydrogen-bond donors (Lipinski definition) is 0. The third-order valence-electron chi connectivity index (χ3n) is 7.65. The van der Waals surface area contributed by atoms with E-state index in [1.807, 2.05) is 18.5 Å². The zero-order valence-electron chi connectivity index (χ0n) is 21.3. The molecule has 1 aliphatic carbocycles. The number of likely N-dealkylation sites (tertiary alicyclic amines) is 1. The van der Waals surface area contributed by atoms with Crippen LogP contribution in [0.5, 0.6) is 0 Å². The predicted molar refractivity (Wildman–Crippen MR) is 141 cm³/mol. The summed E-state index contributed by atoms with van der Waals surface area (Å²) in [6.45, 7) is 4.19. The standard InChI is InChI=1S/C30H41N3O2/c1-35-20-19-33(24-27-13-8-16-31-23-27)29(21-25-9-4-2-5-10-25)28-14-17-32(18-15-28)30(34)22-26-11-6-3-7-12-26/h2,4-5,8-11,13,16,23,28-29H,3,6-7,12,14-15,17-22,24H2,1H3. The minimum Gasteiger partial charge on any atom is -0.383 e. The maximum Gasteiger partial charge on any atom is 0.226 e. The summed E-state index contributed by atoms with van der Waals surface area (Å²) in [7, 11) is 1.78.